The van der Waals surface area contributed by atoms with Crippen LogP contribution in [0.4, 0.5) is 4.79 Å². The summed E-state index contributed by atoms with van der Waals surface area (Å²) in [6.07, 6.45) is -0.125. The molecule has 7 heteroatoms. The first-order chi connectivity index (χ1) is 9.60. The summed E-state index contributed by atoms with van der Waals surface area (Å²) in [5.74, 6) is -3.41. The van der Waals surface area contributed by atoms with Crippen molar-refractivity contribution in [1.82, 2.24) is 4.90 Å². The molecule has 2 aliphatic heterocycles. The SMILES string of the molecule is CC(C)(C)OC(=O)N1C[C@@H]2C[C@H]1C2C(CC(=O)O)C(=O)O. The van der Waals surface area contributed by atoms with Crippen LogP contribution in [0.25, 0.3) is 0 Å². The Kier molecular flexibility index (Phi) is 3.86. The van der Waals surface area contributed by atoms with Crippen LogP contribution >= 0.6 is 0 Å². The molecule has 0 radical (unpaired) electrons. The Bertz CT molecular complexity index is 469. The summed E-state index contributed by atoms with van der Waals surface area (Å²) in [6.45, 7) is 5.77. The number of ether oxygens (including phenoxy) is 1. The first kappa shape index (κ1) is 15.6. The van der Waals surface area contributed by atoms with Crippen molar-refractivity contribution in [3.05, 3.63) is 0 Å². The van der Waals surface area contributed by atoms with Gasteiger partial charge in [0, 0.05) is 12.6 Å². The van der Waals surface area contributed by atoms with Gasteiger partial charge in [0.15, 0.2) is 0 Å². The lowest BCUT2D eigenvalue weighted by Gasteiger charge is -2.39. The molecule has 2 unspecified atom stereocenters. The fourth-order valence-corrected chi connectivity index (χ4v) is 3.37. The molecular formula is C14H21NO6. The van der Waals surface area contributed by atoms with Crippen molar-refractivity contribution < 1.29 is 29.3 Å². The van der Waals surface area contributed by atoms with Crippen molar-refractivity contribution in [2.24, 2.45) is 17.8 Å². The Morgan fingerprint density at radius 1 is 1.29 bits per heavy atom. The number of fused-ring (bicyclic) bond motifs is 1. The highest BCUT2D eigenvalue weighted by Crippen LogP contribution is 2.51. The van der Waals surface area contributed by atoms with Gasteiger partial charge in [-0.15, -0.1) is 0 Å². The number of carboxylic acids is 2. The van der Waals surface area contributed by atoms with Crippen molar-refractivity contribution in [1.29, 1.82) is 0 Å². The minimum absolute atomic E-state index is 0.0583. The van der Waals surface area contributed by atoms with Crippen LogP contribution in [0, 0.1) is 17.8 Å². The Labute approximate surface area is 122 Å². The van der Waals surface area contributed by atoms with Gasteiger partial charge in [-0.1, -0.05) is 0 Å². The maximum absolute atomic E-state index is 12.1. The van der Waals surface area contributed by atoms with Crippen LogP contribution in [0.5, 0.6) is 0 Å². The van der Waals surface area contributed by atoms with Crippen LogP contribution in [0.3, 0.4) is 0 Å². The van der Waals surface area contributed by atoms with E-state index in [2.05, 4.69) is 0 Å². The molecule has 1 aliphatic carbocycles. The van der Waals surface area contributed by atoms with Crippen molar-refractivity contribution in [3.63, 3.8) is 0 Å². The lowest BCUT2D eigenvalue weighted by atomic mass is 9.66. The van der Waals surface area contributed by atoms with Gasteiger partial charge in [0.25, 0.3) is 0 Å². The molecule has 21 heavy (non-hydrogen) atoms. The maximum Gasteiger partial charge on any atom is 0.410 e. The first-order valence-corrected chi connectivity index (χ1v) is 7.04. The number of carboxylic acid groups (broad SMARTS) is 2. The van der Waals surface area contributed by atoms with Crippen molar-refractivity contribution in [2.75, 3.05) is 6.54 Å². The number of hydrogen-bond acceptors (Lipinski definition) is 4. The van der Waals surface area contributed by atoms with E-state index in [-0.39, 0.29) is 17.9 Å². The molecule has 2 N–H and O–H groups in total. The third kappa shape index (κ3) is 3.11. The summed E-state index contributed by atoms with van der Waals surface area (Å²) >= 11 is 0. The molecule has 0 aromatic rings. The van der Waals surface area contributed by atoms with E-state index in [9.17, 15) is 19.5 Å². The summed E-state index contributed by atoms with van der Waals surface area (Å²) in [4.78, 5) is 35.8. The lowest BCUT2D eigenvalue weighted by Crippen LogP contribution is -2.48. The van der Waals surface area contributed by atoms with Crippen molar-refractivity contribution >= 4 is 18.0 Å². The molecule has 2 bridgehead atoms. The van der Waals surface area contributed by atoms with E-state index < -0.39 is 36.0 Å². The van der Waals surface area contributed by atoms with Gasteiger partial charge < -0.3 is 19.8 Å². The van der Waals surface area contributed by atoms with Crippen LogP contribution < -0.4 is 0 Å². The van der Waals surface area contributed by atoms with Crippen LogP contribution in [-0.4, -0.2) is 51.3 Å². The van der Waals surface area contributed by atoms with Gasteiger partial charge >= 0.3 is 18.0 Å². The smallest absolute Gasteiger partial charge is 0.410 e. The van der Waals surface area contributed by atoms with Gasteiger partial charge in [-0.25, -0.2) is 4.79 Å². The molecule has 3 fully saturated rings. The van der Waals surface area contributed by atoms with E-state index in [0.29, 0.717) is 6.54 Å². The molecule has 1 amide bonds. The lowest BCUT2D eigenvalue weighted by molar-refractivity contribution is -0.153. The van der Waals surface area contributed by atoms with Gasteiger partial charge in [0.1, 0.15) is 5.60 Å². The van der Waals surface area contributed by atoms with E-state index in [1.165, 1.54) is 0 Å². The largest absolute Gasteiger partial charge is 0.481 e. The highest BCUT2D eigenvalue weighted by molar-refractivity contribution is 5.79. The first-order valence-electron chi connectivity index (χ1n) is 7.04. The molecule has 3 rings (SSSR count). The third-order valence-corrected chi connectivity index (χ3v) is 4.17. The maximum atomic E-state index is 12.1. The highest BCUT2D eigenvalue weighted by Gasteiger charge is 2.58. The average Bonchev–Trinajstić information content (AvgIpc) is 2.82. The Hall–Kier alpha value is -1.79. The van der Waals surface area contributed by atoms with Crippen LogP contribution in [-0.2, 0) is 14.3 Å². The number of carbonyl (C=O) groups excluding carboxylic acids is 1. The highest BCUT2D eigenvalue weighted by atomic mass is 16.6. The zero-order valence-electron chi connectivity index (χ0n) is 12.4. The number of nitrogens with zero attached hydrogens (tertiary/aromatic N) is 1. The summed E-state index contributed by atoms with van der Waals surface area (Å²) < 4.78 is 5.31. The van der Waals surface area contributed by atoms with Crippen LogP contribution in [0.2, 0.25) is 0 Å². The van der Waals surface area contributed by atoms with Gasteiger partial charge in [0.05, 0.1) is 12.3 Å². The normalized spacial score (nSPS) is 28.7. The fraction of sp³-hybridized carbons (Fsp3) is 0.786. The van der Waals surface area contributed by atoms with E-state index in [1.54, 1.807) is 25.7 Å². The topological polar surface area (TPSA) is 104 Å². The number of rotatable bonds is 4. The number of aliphatic carboxylic acids is 2. The summed E-state index contributed by atoms with van der Waals surface area (Å²) in [6, 6.07) is -0.217. The van der Waals surface area contributed by atoms with Gasteiger partial charge in [-0.3, -0.25) is 9.59 Å². The van der Waals surface area contributed by atoms with Gasteiger partial charge in [0.2, 0.25) is 0 Å². The molecular weight excluding hydrogens is 278 g/mol. The Morgan fingerprint density at radius 2 is 1.90 bits per heavy atom. The standard InChI is InChI=1S/C14H21NO6/c1-14(2,3)21-13(20)15-6-7-4-9(15)11(7)8(12(18)19)5-10(16)17/h7-9,11H,4-6H2,1-3H3,(H,16,17)(H,18,19)/t7-,8?,9-,11?/m0/s1. The van der Waals surface area contributed by atoms with Gasteiger partial charge in [-0.05, 0) is 39.0 Å². The van der Waals surface area contributed by atoms with Crippen molar-refractivity contribution in [3.8, 4) is 0 Å². The molecule has 1 saturated carbocycles. The monoisotopic (exact) mass is 299 g/mol. The molecule has 2 heterocycles. The minimum Gasteiger partial charge on any atom is -0.481 e. The minimum atomic E-state index is -1.13. The summed E-state index contributed by atoms with van der Waals surface area (Å²) in [7, 11) is 0. The number of carbonyl (C=O) groups is 3. The van der Waals surface area contributed by atoms with E-state index in [0.717, 1.165) is 6.42 Å². The molecule has 2 saturated heterocycles. The molecule has 0 aromatic heterocycles. The van der Waals surface area contributed by atoms with Crippen LogP contribution in [0.15, 0.2) is 0 Å². The zero-order valence-corrected chi connectivity index (χ0v) is 12.4. The quantitative estimate of drug-likeness (QED) is 0.813. The predicted octanol–water partition coefficient (Wildman–Crippen LogP) is 1.42. The second kappa shape index (κ2) is 5.20. The van der Waals surface area contributed by atoms with E-state index >= 15 is 0 Å². The number of hydrogen-bond donors (Lipinski definition) is 2. The second-order valence-corrected chi connectivity index (χ2v) is 6.82. The number of amides is 1. The molecule has 3 aliphatic rings. The molecule has 0 spiro atoms. The van der Waals surface area contributed by atoms with Crippen LogP contribution in [0.1, 0.15) is 33.6 Å². The molecule has 0 aromatic carbocycles. The van der Waals surface area contributed by atoms with E-state index in [1.807, 2.05) is 0 Å². The fourth-order valence-electron chi connectivity index (χ4n) is 3.37. The van der Waals surface area contributed by atoms with Gasteiger partial charge in [-0.2, -0.15) is 0 Å². The second-order valence-electron chi connectivity index (χ2n) is 6.82. The molecule has 7 nitrogen and oxygen atoms in total. The Balaban J connectivity index is 2.05. The summed E-state index contributed by atoms with van der Waals surface area (Å²) in [5.41, 5.74) is -0.604. The summed E-state index contributed by atoms with van der Waals surface area (Å²) in [5, 5.41) is 18.1. The van der Waals surface area contributed by atoms with Crippen molar-refractivity contribution in [2.45, 2.75) is 45.3 Å². The zero-order chi connectivity index (χ0) is 15.9. The molecule has 4 atom stereocenters. The predicted molar refractivity (Wildman–Crippen MR) is 71.7 cm³/mol. The Morgan fingerprint density at radius 3 is 2.38 bits per heavy atom. The average molecular weight is 299 g/mol. The molecule has 118 valence electrons. The third-order valence-electron chi connectivity index (χ3n) is 4.17. The van der Waals surface area contributed by atoms with E-state index in [4.69, 9.17) is 9.84 Å².